The summed E-state index contributed by atoms with van der Waals surface area (Å²) in [5.41, 5.74) is 0.580. The maximum absolute atomic E-state index is 11.6. The zero-order valence-corrected chi connectivity index (χ0v) is 15.8. The quantitative estimate of drug-likeness (QED) is 0.574. The number of pyridine rings is 1. The van der Waals surface area contributed by atoms with E-state index in [9.17, 15) is 4.79 Å². The van der Waals surface area contributed by atoms with Gasteiger partial charge in [-0.3, -0.25) is 4.98 Å². The molecule has 0 aliphatic rings. The molecule has 0 radical (unpaired) electrons. The Morgan fingerprint density at radius 3 is 2.92 bits per heavy atom. The maximum Gasteiger partial charge on any atom is 0.407 e. The summed E-state index contributed by atoms with van der Waals surface area (Å²) in [4.78, 5) is 15.9. The van der Waals surface area contributed by atoms with Gasteiger partial charge in [0.05, 0.1) is 0 Å². The van der Waals surface area contributed by atoms with Crippen molar-refractivity contribution in [3.05, 3.63) is 36.4 Å². The van der Waals surface area contributed by atoms with Gasteiger partial charge in [0.2, 0.25) is 0 Å². The lowest BCUT2D eigenvalue weighted by atomic mass is 10.2. The van der Waals surface area contributed by atoms with Crippen molar-refractivity contribution >= 4 is 17.9 Å². The maximum atomic E-state index is 11.6. The minimum Gasteiger partial charge on any atom is -0.444 e. The van der Waals surface area contributed by atoms with Crippen molar-refractivity contribution in [2.75, 3.05) is 12.3 Å². The van der Waals surface area contributed by atoms with Crippen molar-refractivity contribution in [1.29, 1.82) is 0 Å². The molecule has 0 saturated carbocycles. The summed E-state index contributed by atoms with van der Waals surface area (Å²) < 4.78 is 7.22. The van der Waals surface area contributed by atoms with Crippen molar-refractivity contribution in [2.24, 2.45) is 0 Å². The number of hydrogen-bond donors (Lipinski definition) is 1. The molecule has 0 fully saturated rings. The summed E-state index contributed by atoms with van der Waals surface area (Å²) in [5, 5.41) is 11.8. The van der Waals surface area contributed by atoms with Crippen LogP contribution in [0.3, 0.4) is 0 Å². The molecule has 0 saturated heterocycles. The van der Waals surface area contributed by atoms with E-state index in [2.05, 4.69) is 20.5 Å². The first-order valence-corrected chi connectivity index (χ1v) is 9.30. The number of aryl methyl sites for hydroxylation is 2. The minimum atomic E-state index is -0.469. The molecule has 8 heteroatoms. The lowest BCUT2D eigenvalue weighted by molar-refractivity contribution is 0.0528. The molecule has 1 amide bonds. The lowest BCUT2D eigenvalue weighted by Gasteiger charge is -2.19. The van der Waals surface area contributed by atoms with Gasteiger partial charge in [0.25, 0.3) is 0 Å². The number of rotatable bonds is 8. The standard InChI is InChI=1S/C17H25N5O2S/c1-17(2,3)24-16(23)19-10-6-12-25-15-21-20-13-22(15)11-8-14-7-4-5-9-18-14/h4-5,7,9,13H,6,8,10-12H2,1-3H3,(H,19,23). The number of aromatic nitrogens is 4. The molecule has 0 bridgehead atoms. The summed E-state index contributed by atoms with van der Waals surface area (Å²) >= 11 is 1.63. The monoisotopic (exact) mass is 363 g/mol. The second-order valence-corrected chi connectivity index (χ2v) is 7.57. The Labute approximate surface area is 152 Å². The Kier molecular flexibility index (Phi) is 7.24. The van der Waals surface area contributed by atoms with Gasteiger partial charge in [-0.15, -0.1) is 10.2 Å². The molecule has 0 unspecified atom stereocenters. The molecule has 2 aromatic rings. The molecule has 7 nitrogen and oxygen atoms in total. The van der Waals surface area contributed by atoms with Gasteiger partial charge in [0.15, 0.2) is 5.16 Å². The van der Waals surface area contributed by atoms with E-state index in [1.807, 2.05) is 43.5 Å². The number of hydrogen-bond acceptors (Lipinski definition) is 6. The van der Waals surface area contributed by atoms with Crippen molar-refractivity contribution in [1.82, 2.24) is 25.1 Å². The van der Waals surface area contributed by atoms with Gasteiger partial charge in [0.1, 0.15) is 11.9 Å². The smallest absolute Gasteiger partial charge is 0.407 e. The number of carbonyl (C=O) groups excluding carboxylic acids is 1. The first-order chi connectivity index (χ1) is 11.9. The van der Waals surface area contributed by atoms with Crippen LogP contribution in [0, 0.1) is 0 Å². The van der Waals surface area contributed by atoms with Crippen LogP contribution in [0.4, 0.5) is 4.79 Å². The van der Waals surface area contributed by atoms with Crippen LogP contribution in [0.2, 0.25) is 0 Å². The molecule has 2 aromatic heterocycles. The van der Waals surface area contributed by atoms with Gasteiger partial charge in [-0.25, -0.2) is 4.79 Å². The molecule has 0 aliphatic heterocycles. The highest BCUT2D eigenvalue weighted by molar-refractivity contribution is 7.99. The summed E-state index contributed by atoms with van der Waals surface area (Å²) in [6.07, 6.45) is 4.83. The summed E-state index contributed by atoms with van der Waals surface area (Å²) in [5.74, 6) is 0.845. The van der Waals surface area contributed by atoms with Crippen LogP contribution < -0.4 is 5.32 Å². The van der Waals surface area contributed by atoms with Crippen LogP contribution in [0.15, 0.2) is 35.9 Å². The van der Waals surface area contributed by atoms with Crippen molar-refractivity contribution in [3.63, 3.8) is 0 Å². The number of thioether (sulfide) groups is 1. The molecule has 0 atom stereocenters. The molecule has 25 heavy (non-hydrogen) atoms. The topological polar surface area (TPSA) is 81.9 Å². The van der Waals surface area contributed by atoms with E-state index < -0.39 is 5.60 Å². The van der Waals surface area contributed by atoms with Crippen molar-refractivity contribution < 1.29 is 9.53 Å². The average molecular weight is 363 g/mol. The normalized spacial score (nSPS) is 11.3. The molecule has 0 aliphatic carbocycles. The van der Waals surface area contributed by atoms with Gasteiger partial charge in [-0.05, 0) is 39.3 Å². The zero-order chi connectivity index (χ0) is 18.1. The van der Waals surface area contributed by atoms with E-state index in [-0.39, 0.29) is 6.09 Å². The van der Waals surface area contributed by atoms with Gasteiger partial charge in [-0.1, -0.05) is 17.8 Å². The van der Waals surface area contributed by atoms with E-state index in [0.29, 0.717) is 6.54 Å². The second kappa shape index (κ2) is 9.41. The van der Waals surface area contributed by atoms with Crippen LogP contribution in [0.25, 0.3) is 0 Å². The molecule has 0 spiro atoms. The van der Waals surface area contributed by atoms with Gasteiger partial charge >= 0.3 is 6.09 Å². The van der Waals surface area contributed by atoms with E-state index in [0.717, 1.165) is 36.0 Å². The summed E-state index contributed by atoms with van der Waals surface area (Å²) in [7, 11) is 0. The second-order valence-electron chi connectivity index (χ2n) is 6.51. The number of ether oxygens (including phenoxy) is 1. The number of alkyl carbamates (subject to hydrolysis) is 1. The molecular weight excluding hydrogens is 338 g/mol. The zero-order valence-electron chi connectivity index (χ0n) is 14.9. The minimum absolute atomic E-state index is 0.379. The van der Waals surface area contributed by atoms with Crippen LogP contribution >= 0.6 is 11.8 Å². The fourth-order valence-corrected chi connectivity index (χ4v) is 2.91. The third kappa shape index (κ3) is 7.55. The first kappa shape index (κ1) is 19.2. The SMILES string of the molecule is CC(C)(C)OC(=O)NCCCSc1nncn1CCc1ccccn1. The molecule has 2 rings (SSSR count). The lowest BCUT2D eigenvalue weighted by Crippen LogP contribution is -2.33. The number of amides is 1. The molecule has 136 valence electrons. The van der Waals surface area contributed by atoms with Crippen LogP contribution in [0.5, 0.6) is 0 Å². The number of nitrogens with one attached hydrogen (secondary N) is 1. The van der Waals surface area contributed by atoms with E-state index >= 15 is 0 Å². The predicted molar refractivity (Wildman–Crippen MR) is 97.5 cm³/mol. The first-order valence-electron chi connectivity index (χ1n) is 8.31. The fourth-order valence-electron chi connectivity index (χ4n) is 2.03. The highest BCUT2D eigenvalue weighted by Gasteiger charge is 2.15. The highest BCUT2D eigenvalue weighted by atomic mass is 32.2. The Morgan fingerprint density at radius 2 is 2.20 bits per heavy atom. The highest BCUT2D eigenvalue weighted by Crippen LogP contribution is 2.16. The van der Waals surface area contributed by atoms with E-state index in [1.54, 1.807) is 24.3 Å². The third-order valence-electron chi connectivity index (χ3n) is 3.14. The Bertz CT molecular complexity index is 655. The van der Waals surface area contributed by atoms with Crippen LogP contribution in [0.1, 0.15) is 32.9 Å². The molecule has 1 N–H and O–H groups in total. The van der Waals surface area contributed by atoms with Crippen LogP contribution in [-0.2, 0) is 17.7 Å². The predicted octanol–water partition coefficient (Wildman–Crippen LogP) is 2.92. The van der Waals surface area contributed by atoms with Crippen LogP contribution in [-0.4, -0.2) is 43.7 Å². The van der Waals surface area contributed by atoms with E-state index in [4.69, 9.17) is 4.74 Å². The Balaban J connectivity index is 1.66. The number of carbonyl (C=O) groups is 1. The average Bonchev–Trinajstić information content (AvgIpc) is 2.99. The molecule has 2 heterocycles. The van der Waals surface area contributed by atoms with Gasteiger partial charge in [0, 0.05) is 37.2 Å². The largest absolute Gasteiger partial charge is 0.444 e. The Morgan fingerprint density at radius 1 is 1.36 bits per heavy atom. The number of nitrogens with zero attached hydrogens (tertiary/aromatic N) is 4. The fraction of sp³-hybridized carbons (Fsp3) is 0.529. The van der Waals surface area contributed by atoms with Gasteiger partial charge in [-0.2, -0.15) is 0 Å². The van der Waals surface area contributed by atoms with Gasteiger partial charge < -0.3 is 14.6 Å². The molecular formula is C17H25N5O2S. The summed E-state index contributed by atoms with van der Waals surface area (Å²) in [6.45, 7) is 6.91. The molecule has 0 aromatic carbocycles. The van der Waals surface area contributed by atoms with Crippen molar-refractivity contribution in [2.45, 2.75) is 50.9 Å². The van der Waals surface area contributed by atoms with E-state index in [1.165, 1.54) is 0 Å². The Hall–Kier alpha value is -2.09. The summed E-state index contributed by atoms with van der Waals surface area (Å²) in [6, 6.07) is 5.91. The van der Waals surface area contributed by atoms with Crippen molar-refractivity contribution in [3.8, 4) is 0 Å². The third-order valence-corrected chi connectivity index (χ3v) is 4.20.